The van der Waals surface area contributed by atoms with E-state index in [1.807, 2.05) is 43.3 Å². The van der Waals surface area contributed by atoms with Crippen LogP contribution in [0.3, 0.4) is 0 Å². The van der Waals surface area contributed by atoms with Crippen molar-refractivity contribution in [2.24, 2.45) is 0 Å². The standard InChI is InChI=1S/C20H32N4O3/c1-17(25)24(11-7-10-21(2)3)16-20(26)23-14-12-22(13-15-23)18-8-5-6-9-19(18)27-4/h5-6,8-9H,7,10-16H2,1-4H3. The lowest BCUT2D eigenvalue weighted by Gasteiger charge is -2.37. The number of carbonyl (C=O) groups excluding carboxylic acids is 2. The molecule has 1 aromatic rings. The number of piperazine rings is 1. The molecule has 1 aromatic carbocycles. The van der Waals surface area contributed by atoms with E-state index in [1.165, 1.54) is 6.92 Å². The van der Waals surface area contributed by atoms with Crippen LogP contribution in [0.25, 0.3) is 0 Å². The number of amides is 2. The van der Waals surface area contributed by atoms with Crippen LogP contribution in [0.1, 0.15) is 13.3 Å². The van der Waals surface area contributed by atoms with Crippen LogP contribution < -0.4 is 9.64 Å². The van der Waals surface area contributed by atoms with Crippen LogP contribution in [0.5, 0.6) is 5.75 Å². The first-order valence-electron chi connectivity index (χ1n) is 9.48. The molecule has 0 bridgehead atoms. The summed E-state index contributed by atoms with van der Waals surface area (Å²) >= 11 is 0. The van der Waals surface area contributed by atoms with Crippen molar-refractivity contribution in [2.75, 3.05) is 71.9 Å². The highest BCUT2D eigenvalue weighted by atomic mass is 16.5. The number of hydrogen-bond donors (Lipinski definition) is 0. The SMILES string of the molecule is COc1ccccc1N1CCN(C(=O)CN(CCCN(C)C)C(C)=O)CC1. The highest BCUT2D eigenvalue weighted by Gasteiger charge is 2.24. The number of benzene rings is 1. The summed E-state index contributed by atoms with van der Waals surface area (Å²) in [5, 5.41) is 0. The Kier molecular flexibility index (Phi) is 7.91. The maximum atomic E-state index is 12.7. The van der Waals surface area contributed by atoms with Crippen molar-refractivity contribution in [1.82, 2.24) is 14.7 Å². The topological polar surface area (TPSA) is 56.3 Å². The molecule has 150 valence electrons. The summed E-state index contributed by atoms with van der Waals surface area (Å²) in [6, 6.07) is 7.94. The quantitative estimate of drug-likeness (QED) is 0.681. The number of rotatable bonds is 8. The molecule has 0 atom stereocenters. The third kappa shape index (κ3) is 6.13. The molecule has 2 rings (SSSR count). The Morgan fingerprint density at radius 2 is 1.74 bits per heavy atom. The van der Waals surface area contributed by atoms with E-state index in [2.05, 4.69) is 9.80 Å². The zero-order valence-electron chi connectivity index (χ0n) is 17.0. The molecule has 1 heterocycles. The Labute approximate surface area is 162 Å². The monoisotopic (exact) mass is 376 g/mol. The summed E-state index contributed by atoms with van der Waals surface area (Å²) in [5.41, 5.74) is 1.06. The average Bonchev–Trinajstić information content (AvgIpc) is 2.66. The summed E-state index contributed by atoms with van der Waals surface area (Å²) in [7, 11) is 5.68. The van der Waals surface area contributed by atoms with E-state index in [0.717, 1.165) is 37.5 Å². The Hall–Kier alpha value is -2.28. The normalized spacial score (nSPS) is 14.4. The molecular weight excluding hydrogens is 344 g/mol. The first kappa shape index (κ1) is 21.0. The lowest BCUT2D eigenvalue weighted by atomic mass is 10.2. The second-order valence-electron chi connectivity index (χ2n) is 7.14. The van der Waals surface area contributed by atoms with Crippen molar-refractivity contribution in [3.63, 3.8) is 0 Å². The van der Waals surface area contributed by atoms with E-state index in [1.54, 1.807) is 12.0 Å². The summed E-state index contributed by atoms with van der Waals surface area (Å²) < 4.78 is 5.44. The zero-order valence-corrected chi connectivity index (χ0v) is 17.0. The number of ether oxygens (including phenoxy) is 1. The second kappa shape index (κ2) is 10.2. The van der Waals surface area contributed by atoms with Crippen molar-refractivity contribution in [3.8, 4) is 5.75 Å². The van der Waals surface area contributed by atoms with Crippen LogP contribution in [0, 0.1) is 0 Å². The van der Waals surface area contributed by atoms with E-state index >= 15 is 0 Å². The highest BCUT2D eigenvalue weighted by Crippen LogP contribution is 2.28. The summed E-state index contributed by atoms with van der Waals surface area (Å²) in [5.74, 6) is 0.824. The smallest absolute Gasteiger partial charge is 0.242 e. The molecule has 0 saturated carbocycles. The first-order valence-corrected chi connectivity index (χ1v) is 9.48. The van der Waals surface area contributed by atoms with Crippen molar-refractivity contribution in [3.05, 3.63) is 24.3 Å². The minimum Gasteiger partial charge on any atom is -0.495 e. The maximum Gasteiger partial charge on any atom is 0.242 e. The van der Waals surface area contributed by atoms with Crippen LogP contribution in [-0.4, -0.2) is 93.5 Å². The molecule has 1 fully saturated rings. The molecule has 7 nitrogen and oxygen atoms in total. The fourth-order valence-electron chi connectivity index (χ4n) is 3.28. The number of anilines is 1. The van der Waals surface area contributed by atoms with Crippen LogP contribution in [0.15, 0.2) is 24.3 Å². The molecule has 1 aliphatic heterocycles. The van der Waals surface area contributed by atoms with Gasteiger partial charge >= 0.3 is 0 Å². The summed E-state index contributed by atoms with van der Waals surface area (Å²) in [4.78, 5) is 32.3. The Morgan fingerprint density at radius 3 is 2.33 bits per heavy atom. The van der Waals surface area contributed by atoms with Crippen LogP contribution in [0.4, 0.5) is 5.69 Å². The zero-order chi connectivity index (χ0) is 19.8. The number of hydrogen-bond acceptors (Lipinski definition) is 5. The van der Waals surface area contributed by atoms with Gasteiger partial charge in [-0.25, -0.2) is 0 Å². The van der Waals surface area contributed by atoms with E-state index in [4.69, 9.17) is 4.74 Å². The fraction of sp³-hybridized carbons (Fsp3) is 0.600. The van der Waals surface area contributed by atoms with Gasteiger partial charge in [0.1, 0.15) is 5.75 Å². The van der Waals surface area contributed by atoms with Crippen molar-refractivity contribution >= 4 is 17.5 Å². The summed E-state index contributed by atoms with van der Waals surface area (Å²) in [6.45, 7) is 6.02. The van der Waals surface area contributed by atoms with Gasteiger partial charge in [0.15, 0.2) is 0 Å². The van der Waals surface area contributed by atoms with Crippen molar-refractivity contribution < 1.29 is 14.3 Å². The predicted molar refractivity (Wildman–Crippen MR) is 107 cm³/mol. The number of para-hydroxylation sites is 2. The predicted octanol–water partition coefficient (Wildman–Crippen LogP) is 1.14. The van der Waals surface area contributed by atoms with Crippen LogP contribution >= 0.6 is 0 Å². The van der Waals surface area contributed by atoms with E-state index in [0.29, 0.717) is 19.6 Å². The third-order valence-electron chi connectivity index (χ3n) is 4.86. The van der Waals surface area contributed by atoms with Gasteiger partial charge in [0, 0.05) is 39.6 Å². The fourth-order valence-corrected chi connectivity index (χ4v) is 3.28. The van der Waals surface area contributed by atoms with Crippen LogP contribution in [0.2, 0.25) is 0 Å². The van der Waals surface area contributed by atoms with Gasteiger partial charge in [-0.15, -0.1) is 0 Å². The van der Waals surface area contributed by atoms with E-state index in [9.17, 15) is 9.59 Å². The van der Waals surface area contributed by atoms with E-state index < -0.39 is 0 Å². The molecule has 0 spiro atoms. The van der Waals surface area contributed by atoms with E-state index in [-0.39, 0.29) is 18.4 Å². The molecule has 0 N–H and O–H groups in total. The number of nitrogens with zero attached hydrogens (tertiary/aromatic N) is 4. The highest BCUT2D eigenvalue weighted by molar-refractivity contribution is 5.84. The van der Waals surface area contributed by atoms with Crippen molar-refractivity contribution in [1.29, 1.82) is 0 Å². The molecule has 7 heteroatoms. The van der Waals surface area contributed by atoms with Gasteiger partial charge in [-0.2, -0.15) is 0 Å². The van der Waals surface area contributed by atoms with Gasteiger partial charge < -0.3 is 24.3 Å². The third-order valence-corrected chi connectivity index (χ3v) is 4.86. The average molecular weight is 377 g/mol. The second-order valence-corrected chi connectivity index (χ2v) is 7.14. The molecular formula is C20H32N4O3. The number of carbonyl (C=O) groups is 2. The van der Waals surface area contributed by atoms with Gasteiger partial charge in [0.2, 0.25) is 11.8 Å². The Bertz CT molecular complexity index is 627. The van der Waals surface area contributed by atoms with Gasteiger partial charge in [-0.1, -0.05) is 12.1 Å². The molecule has 0 aliphatic carbocycles. The Balaban J connectivity index is 1.87. The van der Waals surface area contributed by atoms with Gasteiger partial charge in [-0.3, -0.25) is 9.59 Å². The van der Waals surface area contributed by atoms with Gasteiger partial charge in [0.25, 0.3) is 0 Å². The lowest BCUT2D eigenvalue weighted by Crippen LogP contribution is -2.52. The summed E-state index contributed by atoms with van der Waals surface area (Å²) in [6.07, 6.45) is 0.863. The molecule has 27 heavy (non-hydrogen) atoms. The molecule has 1 aliphatic rings. The molecule has 1 saturated heterocycles. The first-order chi connectivity index (χ1) is 12.9. The maximum absolute atomic E-state index is 12.7. The molecule has 0 aromatic heterocycles. The largest absolute Gasteiger partial charge is 0.495 e. The van der Waals surface area contributed by atoms with Crippen molar-refractivity contribution in [2.45, 2.75) is 13.3 Å². The Morgan fingerprint density at radius 1 is 1.07 bits per heavy atom. The van der Waals surface area contributed by atoms with Gasteiger partial charge in [-0.05, 0) is 39.2 Å². The number of methoxy groups -OCH3 is 1. The minimum absolute atomic E-state index is 0.0229. The van der Waals surface area contributed by atoms with Gasteiger partial charge in [0.05, 0.1) is 19.3 Å². The lowest BCUT2D eigenvalue weighted by molar-refractivity contribution is -0.139. The molecule has 2 amide bonds. The molecule has 0 unspecified atom stereocenters. The minimum atomic E-state index is -0.0465. The van der Waals surface area contributed by atoms with Crippen LogP contribution in [-0.2, 0) is 9.59 Å². The molecule has 0 radical (unpaired) electrons.